The van der Waals surface area contributed by atoms with Crippen LogP contribution in [-0.2, 0) is 10.0 Å². The van der Waals surface area contributed by atoms with Crippen molar-refractivity contribution in [3.05, 3.63) is 41.7 Å². The molecule has 2 unspecified atom stereocenters. The Bertz CT molecular complexity index is 1280. The van der Waals surface area contributed by atoms with Gasteiger partial charge in [0.2, 0.25) is 10.0 Å². The minimum Gasteiger partial charge on any atom is -0.493 e. The molecular formula is C28H39FN4O4S. The maximum Gasteiger partial charge on any atom is 0.268 e. The van der Waals surface area contributed by atoms with Crippen molar-refractivity contribution in [2.45, 2.75) is 64.7 Å². The van der Waals surface area contributed by atoms with Crippen molar-refractivity contribution in [1.82, 2.24) is 15.0 Å². The normalized spacial score (nSPS) is 21.5. The monoisotopic (exact) mass is 546 g/mol. The largest absolute Gasteiger partial charge is 0.493 e. The predicted molar refractivity (Wildman–Crippen MR) is 147 cm³/mol. The molecule has 2 fully saturated rings. The van der Waals surface area contributed by atoms with E-state index in [4.69, 9.17) is 9.72 Å². The quantitative estimate of drug-likeness (QED) is 0.507. The number of aromatic nitrogens is 1. The van der Waals surface area contributed by atoms with Gasteiger partial charge < -0.3 is 15.0 Å². The molecule has 8 nitrogen and oxygen atoms in total. The number of anilines is 1. The van der Waals surface area contributed by atoms with E-state index in [9.17, 15) is 17.6 Å². The maximum atomic E-state index is 14.5. The Morgan fingerprint density at radius 2 is 2.03 bits per heavy atom. The number of piperidine rings is 1. The summed E-state index contributed by atoms with van der Waals surface area (Å²) in [5.74, 6) is 0.241. The second kappa shape index (κ2) is 11.2. The summed E-state index contributed by atoms with van der Waals surface area (Å²) in [6, 6.07) is 7.66. The highest BCUT2D eigenvalue weighted by Crippen LogP contribution is 2.39. The molecular weight excluding hydrogens is 507 g/mol. The zero-order valence-corrected chi connectivity index (χ0v) is 23.7. The summed E-state index contributed by atoms with van der Waals surface area (Å²) in [4.78, 5) is 20.3. The van der Waals surface area contributed by atoms with E-state index in [1.54, 1.807) is 18.2 Å². The molecule has 3 heterocycles. The number of amides is 1. The number of nitrogens with one attached hydrogen (secondary N) is 2. The minimum atomic E-state index is -3.87. The zero-order chi connectivity index (χ0) is 27.7. The lowest BCUT2D eigenvalue weighted by atomic mass is 9.90. The van der Waals surface area contributed by atoms with Crippen LogP contribution in [-0.4, -0.2) is 56.3 Å². The number of pyridine rings is 1. The molecule has 0 radical (unpaired) electrons. The van der Waals surface area contributed by atoms with Gasteiger partial charge in [0.15, 0.2) is 0 Å². The van der Waals surface area contributed by atoms with E-state index in [1.807, 2.05) is 13.8 Å². The number of nitrogens with zero attached hydrogens (tertiary/aromatic N) is 2. The minimum absolute atomic E-state index is 0.177. The summed E-state index contributed by atoms with van der Waals surface area (Å²) in [6.07, 6.45) is 2.13. The highest BCUT2D eigenvalue weighted by atomic mass is 32.2. The van der Waals surface area contributed by atoms with Crippen LogP contribution in [0.5, 0.6) is 5.75 Å². The Balaban J connectivity index is 1.73. The number of sulfonamides is 1. The number of carbonyl (C=O) groups excluding carboxylic acids is 1. The first kappa shape index (κ1) is 28.3. The lowest BCUT2D eigenvalue weighted by molar-refractivity contribution is 0.0981. The van der Waals surface area contributed by atoms with E-state index < -0.39 is 27.0 Å². The zero-order valence-electron chi connectivity index (χ0n) is 22.9. The second-order valence-corrected chi connectivity index (χ2v) is 13.3. The molecule has 0 aliphatic carbocycles. The van der Waals surface area contributed by atoms with Crippen LogP contribution in [0.2, 0.25) is 0 Å². The fraction of sp³-hybridized carbons (Fsp3) is 0.571. The molecule has 2 N–H and O–H groups in total. The molecule has 4 rings (SSSR count). The molecule has 2 aliphatic rings. The van der Waals surface area contributed by atoms with Gasteiger partial charge in [-0.25, -0.2) is 22.5 Å². The van der Waals surface area contributed by atoms with Crippen molar-refractivity contribution in [1.29, 1.82) is 0 Å². The van der Waals surface area contributed by atoms with Crippen LogP contribution >= 0.6 is 0 Å². The number of ether oxygens (including phenoxy) is 1. The lowest BCUT2D eigenvalue weighted by Crippen LogP contribution is -2.47. The van der Waals surface area contributed by atoms with E-state index >= 15 is 0 Å². The first-order chi connectivity index (χ1) is 17.9. The SMILES string of the molecule is CC(C)COc1cc(F)cc(-c2ccc(C(=O)NS(=O)(=O)C3CCCNC3)c(N3CCC(C)C3(C)C)n2)c1. The maximum absolute atomic E-state index is 14.5. The number of hydrogen-bond donors (Lipinski definition) is 2. The van der Waals surface area contributed by atoms with E-state index in [1.165, 1.54) is 12.1 Å². The van der Waals surface area contributed by atoms with Gasteiger partial charge in [-0.1, -0.05) is 20.8 Å². The number of rotatable bonds is 8. The van der Waals surface area contributed by atoms with Crippen molar-refractivity contribution < 1.29 is 22.3 Å². The van der Waals surface area contributed by atoms with Crippen LogP contribution in [0.1, 0.15) is 64.2 Å². The molecule has 1 aromatic carbocycles. The van der Waals surface area contributed by atoms with Crippen LogP contribution in [0.3, 0.4) is 0 Å². The molecule has 2 atom stereocenters. The smallest absolute Gasteiger partial charge is 0.268 e. The third kappa shape index (κ3) is 6.12. The highest BCUT2D eigenvalue weighted by molar-refractivity contribution is 7.90. The third-order valence-corrected chi connectivity index (χ3v) is 9.49. The summed E-state index contributed by atoms with van der Waals surface area (Å²) >= 11 is 0. The average Bonchev–Trinajstić information content (AvgIpc) is 3.14. The molecule has 10 heteroatoms. The molecule has 2 aromatic rings. The van der Waals surface area contributed by atoms with E-state index in [2.05, 4.69) is 35.7 Å². The molecule has 0 bridgehead atoms. The molecule has 1 aromatic heterocycles. The van der Waals surface area contributed by atoms with Gasteiger partial charge in [-0.3, -0.25) is 4.79 Å². The average molecular weight is 547 g/mol. The van der Waals surface area contributed by atoms with Gasteiger partial charge in [0, 0.05) is 30.3 Å². The number of halogens is 1. The van der Waals surface area contributed by atoms with Crippen molar-refractivity contribution in [3.8, 4) is 17.0 Å². The fourth-order valence-corrected chi connectivity index (χ4v) is 6.36. The first-order valence-electron chi connectivity index (χ1n) is 13.4. The summed E-state index contributed by atoms with van der Waals surface area (Å²) in [7, 11) is -3.87. The molecule has 2 saturated heterocycles. The number of carbonyl (C=O) groups is 1. The standard InChI is InChI=1S/C28H39FN4O4S/c1-18(2)17-37-22-14-20(13-21(29)15-22)25-9-8-24(26(31-25)33-12-10-19(3)28(33,4)5)27(34)32-38(35,36)23-7-6-11-30-16-23/h8-9,13-15,18-19,23,30H,6-7,10-12,16-17H2,1-5H3,(H,32,34). The van der Waals surface area contributed by atoms with Gasteiger partial charge in [0.1, 0.15) is 17.4 Å². The Hall–Kier alpha value is -2.72. The Kier molecular flexibility index (Phi) is 8.32. The van der Waals surface area contributed by atoms with Gasteiger partial charge >= 0.3 is 0 Å². The van der Waals surface area contributed by atoms with Gasteiger partial charge in [-0.2, -0.15) is 0 Å². The Morgan fingerprint density at radius 1 is 1.26 bits per heavy atom. The first-order valence-corrected chi connectivity index (χ1v) is 14.9. The molecule has 0 spiro atoms. The molecule has 1 amide bonds. The molecule has 38 heavy (non-hydrogen) atoms. The van der Waals surface area contributed by atoms with Gasteiger partial charge in [0.05, 0.1) is 23.1 Å². The topological polar surface area (TPSA) is 101 Å². The summed E-state index contributed by atoms with van der Waals surface area (Å²) in [5.41, 5.74) is 0.847. The van der Waals surface area contributed by atoms with Crippen LogP contribution in [0.25, 0.3) is 11.3 Å². The van der Waals surface area contributed by atoms with Crippen LogP contribution in [0.15, 0.2) is 30.3 Å². The van der Waals surface area contributed by atoms with Crippen LogP contribution in [0, 0.1) is 17.7 Å². The number of hydrogen-bond acceptors (Lipinski definition) is 7. The Morgan fingerprint density at radius 3 is 2.66 bits per heavy atom. The predicted octanol–water partition coefficient (Wildman–Crippen LogP) is 4.36. The number of benzene rings is 1. The van der Waals surface area contributed by atoms with E-state index in [0.717, 1.165) is 19.4 Å². The van der Waals surface area contributed by atoms with Gasteiger partial charge in [-0.05, 0) is 75.8 Å². The third-order valence-electron chi connectivity index (χ3n) is 7.74. The van der Waals surface area contributed by atoms with Gasteiger partial charge in [0.25, 0.3) is 5.91 Å². The highest BCUT2D eigenvalue weighted by Gasteiger charge is 2.41. The summed E-state index contributed by atoms with van der Waals surface area (Å²) < 4.78 is 48.6. The van der Waals surface area contributed by atoms with Crippen molar-refractivity contribution in [2.24, 2.45) is 11.8 Å². The van der Waals surface area contributed by atoms with Gasteiger partial charge in [-0.15, -0.1) is 0 Å². The second-order valence-electron chi connectivity index (χ2n) is 11.4. The molecule has 2 aliphatic heterocycles. The lowest BCUT2D eigenvalue weighted by Gasteiger charge is -2.36. The fourth-order valence-electron chi connectivity index (χ4n) is 5.01. The van der Waals surface area contributed by atoms with Crippen LogP contribution in [0.4, 0.5) is 10.2 Å². The Labute approximate surface area is 225 Å². The van der Waals surface area contributed by atoms with Crippen molar-refractivity contribution in [2.75, 3.05) is 31.1 Å². The molecule has 208 valence electrons. The van der Waals surface area contributed by atoms with Crippen molar-refractivity contribution in [3.63, 3.8) is 0 Å². The van der Waals surface area contributed by atoms with Crippen molar-refractivity contribution >= 4 is 21.7 Å². The summed E-state index contributed by atoms with van der Waals surface area (Å²) in [5, 5.41) is 2.41. The molecule has 0 saturated carbocycles. The van der Waals surface area contributed by atoms with Crippen LogP contribution < -0.4 is 19.7 Å². The van der Waals surface area contributed by atoms with E-state index in [-0.39, 0.29) is 17.0 Å². The van der Waals surface area contributed by atoms with E-state index in [0.29, 0.717) is 54.9 Å². The summed E-state index contributed by atoms with van der Waals surface area (Å²) in [6.45, 7) is 12.5.